The van der Waals surface area contributed by atoms with Crippen LogP contribution in [0, 0.1) is 17.3 Å². The molecule has 0 aromatic carbocycles. The summed E-state index contributed by atoms with van der Waals surface area (Å²) in [7, 11) is 2.15. The maximum absolute atomic E-state index is 10.9. The Labute approximate surface area is 103 Å². The van der Waals surface area contributed by atoms with E-state index in [9.17, 15) is 4.79 Å². The summed E-state index contributed by atoms with van der Waals surface area (Å²) in [5.74, 6) is 0.181. The van der Waals surface area contributed by atoms with Gasteiger partial charge in [-0.1, -0.05) is 6.92 Å². The molecule has 2 heterocycles. The van der Waals surface area contributed by atoms with Crippen LogP contribution in [0.25, 0.3) is 0 Å². The van der Waals surface area contributed by atoms with Crippen molar-refractivity contribution in [3.8, 4) is 0 Å². The Morgan fingerprint density at radius 2 is 2.06 bits per heavy atom. The lowest BCUT2D eigenvalue weighted by atomic mass is 9.62. The lowest BCUT2D eigenvalue weighted by molar-refractivity contribution is -0.187. The summed E-state index contributed by atoms with van der Waals surface area (Å²) < 4.78 is 5.41. The number of ether oxygens (including phenoxy) is 1. The monoisotopic (exact) mass is 241 g/mol. The predicted molar refractivity (Wildman–Crippen MR) is 64.9 cm³/mol. The largest absolute Gasteiger partial charge is 0.481 e. The van der Waals surface area contributed by atoms with Crippen LogP contribution in [0.1, 0.15) is 26.2 Å². The van der Waals surface area contributed by atoms with Crippen LogP contribution in [0.4, 0.5) is 0 Å². The number of nitrogens with zero attached hydrogens (tertiary/aromatic N) is 1. The molecule has 0 radical (unpaired) electrons. The molecule has 4 heteroatoms. The Bertz CT molecular complexity index is 280. The van der Waals surface area contributed by atoms with E-state index in [-0.39, 0.29) is 17.8 Å². The molecule has 1 N–H and O–H groups in total. The van der Waals surface area contributed by atoms with Crippen LogP contribution < -0.4 is 0 Å². The molecule has 1 atom stereocenters. The van der Waals surface area contributed by atoms with E-state index in [1.165, 1.54) is 12.8 Å². The van der Waals surface area contributed by atoms with Crippen molar-refractivity contribution in [2.75, 3.05) is 33.4 Å². The molecule has 0 aromatic rings. The molecule has 17 heavy (non-hydrogen) atoms. The zero-order valence-corrected chi connectivity index (χ0v) is 10.8. The van der Waals surface area contributed by atoms with Crippen molar-refractivity contribution in [3.05, 3.63) is 0 Å². The van der Waals surface area contributed by atoms with Crippen LogP contribution in [0.2, 0.25) is 0 Å². The maximum Gasteiger partial charge on any atom is 0.303 e. The third kappa shape index (κ3) is 2.47. The van der Waals surface area contributed by atoms with Gasteiger partial charge in [-0.15, -0.1) is 0 Å². The van der Waals surface area contributed by atoms with Crippen LogP contribution in [-0.2, 0) is 9.53 Å². The number of carbonyl (C=O) groups is 1. The first kappa shape index (κ1) is 12.8. The van der Waals surface area contributed by atoms with Crippen molar-refractivity contribution >= 4 is 5.97 Å². The summed E-state index contributed by atoms with van der Waals surface area (Å²) in [6.07, 6.45) is 2.64. The number of carboxylic acids is 1. The molecule has 2 aliphatic rings. The highest BCUT2D eigenvalue weighted by Crippen LogP contribution is 2.48. The van der Waals surface area contributed by atoms with E-state index < -0.39 is 5.97 Å². The van der Waals surface area contributed by atoms with Gasteiger partial charge in [-0.2, -0.15) is 0 Å². The highest BCUT2D eigenvalue weighted by Gasteiger charge is 2.50. The highest BCUT2D eigenvalue weighted by molar-refractivity contribution is 5.67. The van der Waals surface area contributed by atoms with Crippen LogP contribution in [0.5, 0.6) is 0 Å². The summed E-state index contributed by atoms with van der Waals surface area (Å²) in [4.78, 5) is 13.2. The zero-order chi connectivity index (χ0) is 12.5. The minimum Gasteiger partial charge on any atom is -0.481 e. The molecule has 0 amide bonds. The van der Waals surface area contributed by atoms with Gasteiger partial charge in [-0.25, -0.2) is 0 Å². The number of likely N-dealkylation sites (tertiary alicyclic amines) is 1. The fourth-order valence-electron chi connectivity index (χ4n) is 3.31. The second-order valence-electron chi connectivity index (χ2n) is 5.80. The van der Waals surface area contributed by atoms with E-state index >= 15 is 0 Å². The first-order valence-electron chi connectivity index (χ1n) is 6.52. The first-order chi connectivity index (χ1) is 8.04. The SMILES string of the molecule is CC(CC(=O)O)C1(C2CCN(C)CC2)COC1. The van der Waals surface area contributed by atoms with Crippen LogP contribution >= 0.6 is 0 Å². The molecule has 1 unspecified atom stereocenters. The van der Waals surface area contributed by atoms with Gasteiger partial charge in [-0.05, 0) is 44.8 Å². The fourth-order valence-corrected chi connectivity index (χ4v) is 3.31. The molecule has 0 bridgehead atoms. The Hall–Kier alpha value is -0.610. The summed E-state index contributed by atoms with van der Waals surface area (Å²) in [6, 6.07) is 0. The fraction of sp³-hybridized carbons (Fsp3) is 0.923. The summed E-state index contributed by atoms with van der Waals surface area (Å²) in [6.45, 7) is 5.86. The standard InChI is InChI=1S/C13H23NO3/c1-10(7-12(15)16)13(8-17-9-13)11-3-5-14(2)6-4-11/h10-11H,3-9H2,1-2H3,(H,15,16). The quantitative estimate of drug-likeness (QED) is 0.809. The third-order valence-corrected chi connectivity index (χ3v) is 4.74. The summed E-state index contributed by atoms with van der Waals surface area (Å²) in [5.41, 5.74) is 0.139. The predicted octanol–water partition coefficient (Wildman–Crippen LogP) is 1.46. The second-order valence-corrected chi connectivity index (χ2v) is 5.80. The van der Waals surface area contributed by atoms with E-state index in [1.807, 2.05) is 0 Å². The molecule has 98 valence electrons. The smallest absolute Gasteiger partial charge is 0.303 e. The van der Waals surface area contributed by atoms with Gasteiger partial charge < -0.3 is 14.7 Å². The zero-order valence-electron chi connectivity index (χ0n) is 10.8. The average Bonchev–Trinajstić information content (AvgIpc) is 2.18. The molecule has 0 aromatic heterocycles. The van der Waals surface area contributed by atoms with Crippen molar-refractivity contribution in [1.29, 1.82) is 0 Å². The topological polar surface area (TPSA) is 49.8 Å². The normalized spacial score (nSPS) is 27.4. The van der Waals surface area contributed by atoms with E-state index in [4.69, 9.17) is 9.84 Å². The van der Waals surface area contributed by atoms with Gasteiger partial charge in [0.05, 0.1) is 13.2 Å². The molecular weight excluding hydrogens is 218 g/mol. The van der Waals surface area contributed by atoms with Crippen molar-refractivity contribution in [2.45, 2.75) is 26.2 Å². The van der Waals surface area contributed by atoms with Gasteiger partial charge in [-0.3, -0.25) is 4.79 Å². The number of rotatable bonds is 4. The number of carboxylic acid groups (broad SMARTS) is 1. The van der Waals surface area contributed by atoms with Crippen LogP contribution in [-0.4, -0.2) is 49.3 Å². The van der Waals surface area contributed by atoms with Gasteiger partial charge in [0.25, 0.3) is 0 Å². The van der Waals surface area contributed by atoms with Crippen LogP contribution in [0.15, 0.2) is 0 Å². The first-order valence-corrected chi connectivity index (χ1v) is 6.52. The lowest BCUT2D eigenvalue weighted by Gasteiger charge is -2.53. The van der Waals surface area contributed by atoms with Gasteiger partial charge in [0.1, 0.15) is 0 Å². The Balaban J connectivity index is 2.01. The van der Waals surface area contributed by atoms with E-state index in [0.29, 0.717) is 5.92 Å². The van der Waals surface area contributed by atoms with Gasteiger partial charge in [0, 0.05) is 11.8 Å². The van der Waals surface area contributed by atoms with Gasteiger partial charge >= 0.3 is 5.97 Å². The number of aliphatic carboxylic acids is 1. The van der Waals surface area contributed by atoms with E-state index in [1.54, 1.807) is 0 Å². The minimum absolute atomic E-state index is 0.139. The van der Waals surface area contributed by atoms with E-state index in [0.717, 1.165) is 26.3 Å². The summed E-state index contributed by atoms with van der Waals surface area (Å²) in [5, 5.41) is 8.96. The molecule has 2 rings (SSSR count). The van der Waals surface area contributed by atoms with Gasteiger partial charge in [0.2, 0.25) is 0 Å². The molecule has 0 saturated carbocycles. The minimum atomic E-state index is -0.684. The molecule has 2 aliphatic heterocycles. The number of piperidine rings is 1. The molecule has 0 aliphatic carbocycles. The third-order valence-electron chi connectivity index (χ3n) is 4.74. The molecule has 4 nitrogen and oxygen atoms in total. The molecule has 2 saturated heterocycles. The highest BCUT2D eigenvalue weighted by atomic mass is 16.5. The Morgan fingerprint density at radius 3 is 2.47 bits per heavy atom. The molecular formula is C13H23NO3. The second kappa shape index (κ2) is 4.94. The average molecular weight is 241 g/mol. The summed E-state index contributed by atoms with van der Waals surface area (Å²) >= 11 is 0. The lowest BCUT2D eigenvalue weighted by Crippen LogP contribution is -2.55. The molecule has 0 spiro atoms. The van der Waals surface area contributed by atoms with Crippen molar-refractivity contribution < 1.29 is 14.6 Å². The Morgan fingerprint density at radius 1 is 1.47 bits per heavy atom. The van der Waals surface area contributed by atoms with Crippen LogP contribution in [0.3, 0.4) is 0 Å². The van der Waals surface area contributed by atoms with Gasteiger partial charge in [0.15, 0.2) is 0 Å². The van der Waals surface area contributed by atoms with Crippen molar-refractivity contribution in [2.24, 2.45) is 17.3 Å². The maximum atomic E-state index is 10.9. The molecule has 2 fully saturated rings. The Kier molecular flexibility index (Phi) is 3.73. The number of hydrogen-bond acceptors (Lipinski definition) is 3. The number of hydrogen-bond donors (Lipinski definition) is 1. The van der Waals surface area contributed by atoms with Crippen molar-refractivity contribution in [3.63, 3.8) is 0 Å². The van der Waals surface area contributed by atoms with E-state index in [2.05, 4.69) is 18.9 Å². The van der Waals surface area contributed by atoms with Crippen molar-refractivity contribution in [1.82, 2.24) is 4.90 Å².